The molecule has 172 valence electrons. The van der Waals surface area contributed by atoms with Gasteiger partial charge in [-0.3, -0.25) is 14.9 Å². The van der Waals surface area contributed by atoms with Crippen molar-refractivity contribution < 1.29 is 9.72 Å². The van der Waals surface area contributed by atoms with Gasteiger partial charge < -0.3 is 9.80 Å². The maximum Gasteiger partial charge on any atom is 0.280 e. The molecule has 4 aromatic rings. The lowest BCUT2D eigenvalue weighted by molar-refractivity contribution is -0.384. The molecular weight excluding hydrogens is 434 g/mol. The van der Waals surface area contributed by atoms with E-state index in [2.05, 4.69) is 15.1 Å². The lowest BCUT2D eigenvalue weighted by Gasteiger charge is -2.24. The van der Waals surface area contributed by atoms with Crippen LogP contribution in [0.3, 0.4) is 0 Å². The molecule has 34 heavy (non-hydrogen) atoms. The molecule has 0 N–H and O–H groups in total. The van der Waals surface area contributed by atoms with Crippen molar-refractivity contribution in [3.63, 3.8) is 0 Å². The highest BCUT2D eigenvalue weighted by Crippen LogP contribution is 2.34. The summed E-state index contributed by atoms with van der Waals surface area (Å²) in [7, 11) is 0. The van der Waals surface area contributed by atoms with Gasteiger partial charge in [-0.2, -0.15) is 0 Å². The van der Waals surface area contributed by atoms with E-state index in [1.54, 1.807) is 18.2 Å². The molecule has 0 unspecified atom stereocenters. The molecule has 0 bridgehead atoms. The van der Waals surface area contributed by atoms with E-state index in [0.717, 1.165) is 36.7 Å². The molecule has 0 atom stereocenters. The summed E-state index contributed by atoms with van der Waals surface area (Å²) < 4.78 is 1.82. The number of anilines is 1. The number of nitrogens with zero attached hydrogens (tertiary/aromatic N) is 7. The van der Waals surface area contributed by atoms with Crippen LogP contribution in [-0.4, -0.2) is 61.5 Å². The molecule has 10 nitrogen and oxygen atoms in total. The highest BCUT2D eigenvalue weighted by molar-refractivity contribution is 5.93. The number of hydrogen-bond acceptors (Lipinski definition) is 7. The van der Waals surface area contributed by atoms with Gasteiger partial charge in [-0.1, -0.05) is 24.3 Å². The standard InChI is InChI=1S/C24H23N7O3/c32-23(16-10-11-16)28-12-5-13-29(15-14-28)24-25-19-8-3-1-6-17(19)21-26-27-22(30(21)24)18-7-2-4-9-20(18)31(33)34/h1-4,6-9,16H,5,10-15H2. The van der Waals surface area contributed by atoms with Gasteiger partial charge in [0.2, 0.25) is 11.9 Å². The van der Waals surface area contributed by atoms with Crippen LogP contribution in [0.2, 0.25) is 0 Å². The van der Waals surface area contributed by atoms with Crippen molar-refractivity contribution in [2.75, 3.05) is 31.1 Å². The Bertz CT molecular complexity index is 1430. The van der Waals surface area contributed by atoms with E-state index < -0.39 is 4.92 Å². The first-order valence-electron chi connectivity index (χ1n) is 11.5. The number of aromatic nitrogens is 4. The maximum atomic E-state index is 12.6. The first-order valence-corrected chi connectivity index (χ1v) is 11.5. The Morgan fingerprint density at radius 3 is 2.59 bits per heavy atom. The summed E-state index contributed by atoms with van der Waals surface area (Å²) >= 11 is 0. The Balaban J connectivity index is 1.50. The van der Waals surface area contributed by atoms with Crippen LogP contribution < -0.4 is 4.90 Å². The van der Waals surface area contributed by atoms with Crippen LogP contribution in [0.4, 0.5) is 11.6 Å². The Kier molecular flexibility index (Phi) is 4.86. The van der Waals surface area contributed by atoms with Gasteiger partial charge in [-0.05, 0) is 37.5 Å². The lowest BCUT2D eigenvalue weighted by Crippen LogP contribution is -2.36. The van der Waals surface area contributed by atoms with Crippen molar-refractivity contribution in [3.8, 4) is 11.4 Å². The van der Waals surface area contributed by atoms with Gasteiger partial charge >= 0.3 is 0 Å². The first kappa shape index (κ1) is 20.5. The van der Waals surface area contributed by atoms with Crippen LogP contribution in [0.1, 0.15) is 19.3 Å². The van der Waals surface area contributed by atoms with Crippen molar-refractivity contribution >= 4 is 34.1 Å². The van der Waals surface area contributed by atoms with E-state index >= 15 is 0 Å². The third-order valence-corrected chi connectivity index (χ3v) is 6.59. The predicted octanol–water partition coefficient (Wildman–Crippen LogP) is 3.30. The first-order chi connectivity index (χ1) is 16.6. The third kappa shape index (κ3) is 3.42. The van der Waals surface area contributed by atoms with Crippen LogP contribution in [0.5, 0.6) is 0 Å². The Morgan fingerprint density at radius 2 is 1.76 bits per heavy atom. The summed E-state index contributed by atoms with van der Waals surface area (Å²) in [6, 6.07) is 14.2. The number of amides is 1. The fraction of sp³-hybridized carbons (Fsp3) is 0.333. The average molecular weight is 457 g/mol. The Hall–Kier alpha value is -4.08. The molecule has 2 fully saturated rings. The molecule has 2 aliphatic rings. The van der Waals surface area contributed by atoms with Crippen LogP contribution in [0.15, 0.2) is 48.5 Å². The van der Waals surface area contributed by atoms with Gasteiger partial charge in [0.1, 0.15) is 0 Å². The molecular formula is C24H23N7O3. The molecule has 2 aromatic heterocycles. The largest absolute Gasteiger partial charge is 0.341 e. The van der Waals surface area contributed by atoms with Crippen molar-refractivity contribution in [3.05, 3.63) is 58.6 Å². The lowest BCUT2D eigenvalue weighted by atomic mass is 10.1. The molecule has 1 saturated carbocycles. The van der Waals surface area contributed by atoms with Crippen molar-refractivity contribution in [2.24, 2.45) is 5.92 Å². The van der Waals surface area contributed by atoms with Crippen LogP contribution >= 0.6 is 0 Å². The minimum absolute atomic E-state index is 0.0343. The Labute approximate surface area is 195 Å². The van der Waals surface area contributed by atoms with Gasteiger partial charge in [0.05, 0.1) is 16.0 Å². The Morgan fingerprint density at radius 1 is 0.971 bits per heavy atom. The normalized spacial score (nSPS) is 16.7. The van der Waals surface area contributed by atoms with E-state index in [4.69, 9.17) is 4.98 Å². The molecule has 0 spiro atoms. The van der Waals surface area contributed by atoms with E-state index in [-0.39, 0.29) is 17.5 Å². The minimum Gasteiger partial charge on any atom is -0.341 e. The summed E-state index contributed by atoms with van der Waals surface area (Å²) in [5.74, 6) is 1.46. The number of benzene rings is 2. The molecule has 1 amide bonds. The zero-order valence-electron chi connectivity index (χ0n) is 18.5. The second-order valence-electron chi connectivity index (χ2n) is 8.83. The number of hydrogen-bond donors (Lipinski definition) is 0. The van der Waals surface area contributed by atoms with E-state index in [0.29, 0.717) is 42.6 Å². The van der Waals surface area contributed by atoms with Crippen LogP contribution in [-0.2, 0) is 4.79 Å². The van der Waals surface area contributed by atoms with Gasteiger partial charge in [0.15, 0.2) is 11.5 Å². The van der Waals surface area contributed by atoms with Gasteiger partial charge in [-0.15, -0.1) is 10.2 Å². The molecule has 0 radical (unpaired) electrons. The van der Waals surface area contributed by atoms with Crippen molar-refractivity contribution in [1.82, 2.24) is 24.5 Å². The van der Waals surface area contributed by atoms with E-state index in [9.17, 15) is 14.9 Å². The summed E-state index contributed by atoms with van der Waals surface area (Å²) in [6.45, 7) is 2.67. The number of carbonyl (C=O) groups excluding carboxylic acids is 1. The molecule has 1 aliphatic heterocycles. The van der Waals surface area contributed by atoms with Crippen LogP contribution in [0.25, 0.3) is 27.9 Å². The second-order valence-corrected chi connectivity index (χ2v) is 8.83. The number of carbonyl (C=O) groups is 1. The maximum absolute atomic E-state index is 12.6. The highest BCUT2D eigenvalue weighted by Gasteiger charge is 2.34. The monoisotopic (exact) mass is 457 g/mol. The number of fused-ring (bicyclic) bond motifs is 3. The SMILES string of the molecule is O=C(C1CC1)N1CCCN(c2nc3ccccc3c3nnc(-c4ccccc4[N+](=O)[O-])n23)CC1. The van der Waals surface area contributed by atoms with E-state index in [1.165, 1.54) is 6.07 Å². The van der Waals surface area contributed by atoms with Gasteiger partial charge in [0, 0.05) is 43.5 Å². The molecule has 1 aliphatic carbocycles. The third-order valence-electron chi connectivity index (χ3n) is 6.59. The van der Waals surface area contributed by atoms with Crippen molar-refractivity contribution in [2.45, 2.75) is 19.3 Å². The topological polar surface area (TPSA) is 110 Å². The van der Waals surface area contributed by atoms with Gasteiger partial charge in [0.25, 0.3) is 5.69 Å². The second kappa shape index (κ2) is 8.05. The number of nitro benzene ring substituents is 1. The predicted molar refractivity (Wildman–Crippen MR) is 127 cm³/mol. The van der Waals surface area contributed by atoms with Crippen LogP contribution in [0, 0.1) is 16.0 Å². The molecule has 10 heteroatoms. The minimum atomic E-state index is -0.405. The number of rotatable bonds is 4. The summed E-state index contributed by atoms with van der Waals surface area (Å²) in [6.07, 6.45) is 2.80. The smallest absolute Gasteiger partial charge is 0.280 e. The van der Waals surface area contributed by atoms with Crippen molar-refractivity contribution in [1.29, 1.82) is 0 Å². The zero-order valence-corrected chi connectivity index (χ0v) is 18.5. The fourth-order valence-electron chi connectivity index (χ4n) is 4.70. The average Bonchev–Trinajstić information content (AvgIpc) is 3.66. The quantitative estimate of drug-likeness (QED) is 0.342. The molecule has 2 aromatic carbocycles. The summed E-state index contributed by atoms with van der Waals surface area (Å²) in [5.41, 5.74) is 1.73. The van der Waals surface area contributed by atoms with E-state index in [1.807, 2.05) is 33.6 Å². The zero-order chi connectivity index (χ0) is 23.2. The molecule has 3 heterocycles. The number of para-hydroxylation sites is 2. The highest BCUT2D eigenvalue weighted by atomic mass is 16.6. The fourth-order valence-corrected chi connectivity index (χ4v) is 4.70. The molecule has 1 saturated heterocycles. The summed E-state index contributed by atoms with van der Waals surface area (Å²) in [5, 5.41) is 21.4. The summed E-state index contributed by atoms with van der Waals surface area (Å²) in [4.78, 5) is 33.0. The molecule has 6 rings (SSSR count). The van der Waals surface area contributed by atoms with Gasteiger partial charge in [-0.25, -0.2) is 9.38 Å². The number of nitro groups is 1.